The lowest BCUT2D eigenvalue weighted by molar-refractivity contribution is -0.462. The van der Waals surface area contributed by atoms with Crippen LogP contribution in [-0.2, 0) is 25.8 Å². The number of rotatable bonds is 7. The minimum atomic E-state index is -0.416. The van der Waals surface area contributed by atoms with Crippen molar-refractivity contribution in [1.29, 1.82) is 0 Å². The van der Waals surface area contributed by atoms with Crippen molar-refractivity contribution in [3.05, 3.63) is 30.1 Å². The molecule has 0 aromatic carbocycles. The van der Waals surface area contributed by atoms with E-state index in [4.69, 9.17) is 14.6 Å². The summed E-state index contributed by atoms with van der Waals surface area (Å²) in [6, 6.07) is 3.55. The topological polar surface area (TPSA) is 60.9 Å². The summed E-state index contributed by atoms with van der Waals surface area (Å²) in [5, 5.41) is 1.58. The fourth-order valence-corrected chi connectivity index (χ4v) is 2.32. The maximum Gasteiger partial charge on any atom is 0.325 e. The van der Waals surface area contributed by atoms with Gasteiger partial charge >= 0.3 is 5.97 Å². The van der Waals surface area contributed by atoms with Crippen LogP contribution >= 0.6 is 0 Å². The van der Waals surface area contributed by atoms with Gasteiger partial charge in [0, 0.05) is 18.9 Å². The van der Waals surface area contributed by atoms with Crippen LogP contribution in [0.1, 0.15) is 45.6 Å². The Bertz CT molecular complexity index is 487. The number of carbonyl (C=O) groups excluding carboxylic acids is 1. The number of aromatic nitrogens is 1. The molecule has 0 bridgehead atoms. The first kappa shape index (κ1) is 17.8. The molecule has 1 atom stereocenters. The van der Waals surface area contributed by atoms with E-state index in [2.05, 4.69) is 4.98 Å². The highest BCUT2D eigenvalue weighted by Gasteiger charge is 2.34. The molecule has 0 saturated carbocycles. The normalized spacial score (nSPS) is 19.0. The van der Waals surface area contributed by atoms with Crippen LogP contribution in [0.4, 0.5) is 0 Å². The van der Waals surface area contributed by atoms with Crippen LogP contribution in [0.5, 0.6) is 0 Å². The molecule has 0 spiro atoms. The largest absolute Gasteiger partial charge is 0.464 e. The molecule has 1 saturated heterocycles. The molecule has 0 radical (unpaired) electrons. The molecule has 0 N–H and O–H groups in total. The summed E-state index contributed by atoms with van der Waals surface area (Å²) in [5.74, 6) is -0.244. The van der Waals surface area contributed by atoms with E-state index in [-0.39, 0.29) is 12.0 Å². The Kier molecular flexibility index (Phi) is 6.50. The third-order valence-electron chi connectivity index (χ3n) is 3.44. The summed E-state index contributed by atoms with van der Waals surface area (Å²) >= 11 is 0. The third kappa shape index (κ3) is 6.25. The lowest BCUT2D eigenvalue weighted by atomic mass is 10.2. The van der Waals surface area contributed by atoms with Crippen LogP contribution in [0.2, 0.25) is 0 Å². The molecule has 0 amide bonds. The van der Waals surface area contributed by atoms with Crippen molar-refractivity contribution in [2.45, 2.75) is 58.1 Å². The highest BCUT2D eigenvalue weighted by molar-refractivity contribution is 5.75. The van der Waals surface area contributed by atoms with Gasteiger partial charge in [0.1, 0.15) is 6.04 Å². The highest BCUT2D eigenvalue weighted by Crippen LogP contribution is 2.21. The number of ether oxygens (including phenoxy) is 1. The van der Waals surface area contributed by atoms with Crippen molar-refractivity contribution >= 4 is 5.97 Å². The van der Waals surface area contributed by atoms with E-state index in [0.717, 1.165) is 31.2 Å². The lowest BCUT2D eigenvalue weighted by Gasteiger charge is -2.25. The van der Waals surface area contributed by atoms with Crippen molar-refractivity contribution in [3.8, 4) is 0 Å². The van der Waals surface area contributed by atoms with Gasteiger partial charge < -0.3 is 4.74 Å². The number of hydrogen-bond donors (Lipinski definition) is 0. The molecule has 6 heteroatoms. The maximum absolute atomic E-state index is 12.2. The van der Waals surface area contributed by atoms with Gasteiger partial charge in [-0.3, -0.25) is 9.78 Å². The Balaban J connectivity index is 1.69. The van der Waals surface area contributed by atoms with Crippen LogP contribution in [0.15, 0.2) is 24.5 Å². The first-order valence-electron chi connectivity index (χ1n) is 8.14. The number of carbonyl (C=O) groups is 1. The highest BCUT2D eigenvalue weighted by atomic mass is 17.3. The van der Waals surface area contributed by atoms with Gasteiger partial charge in [-0.1, -0.05) is 6.07 Å². The summed E-state index contributed by atoms with van der Waals surface area (Å²) in [7, 11) is 0. The van der Waals surface area contributed by atoms with Crippen LogP contribution in [0, 0.1) is 0 Å². The summed E-state index contributed by atoms with van der Waals surface area (Å²) in [4.78, 5) is 26.8. The smallest absolute Gasteiger partial charge is 0.325 e. The van der Waals surface area contributed by atoms with Crippen molar-refractivity contribution in [2.75, 3.05) is 13.2 Å². The molecule has 1 aliphatic heterocycles. The van der Waals surface area contributed by atoms with Crippen molar-refractivity contribution < 1.29 is 19.4 Å². The molecule has 0 unspecified atom stereocenters. The molecule has 23 heavy (non-hydrogen) atoms. The number of hydrogen-bond acceptors (Lipinski definition) is 6. The molecule has 1 aliphatic rings. The third-order valence-corrected chi connectivity index (χ3v) is 3.44. The molecule has 2 rings (SSSR count). The minimum absolute atomic E-state index is 0.244. The molecule has 6 nitrogen and oxygen atoms in total. The summed E-state index contributed by atoms with van der Waals surface area (Å²) in [5.41, 5.74) is 0.730. The van der Waals surface area contributed by atoms with Gasteiger partial charge in [-0.05, 0) is 58.1 Å². The van der Waals surface area contributed by atoms with Gasteiger partial charge in [-0.15, -0.1) is 10.1 Å². The maximum atomic E-state index is 12.2. The van der Waals surface area contributed by atoms with Crippen LogP contribution < -0.4 is 0 Å². The second kappa shape index (κ2) is 8.38. The number of nitrogens with zero attached hydrogens (tertiary/aromatic N) is 2. The van der Waals surface area contributed by atoms with E-state index >= 15 is 0 Å². The average molecular weight is 322 g/mol. The average Bonchev–Trinajstić information content (AvgIpc) is 2.98. The molecule has 0 aliphatic carbocycles. The van der Waals surface area contributed by atoms with Gasteiger partial charge in [0.2, 0.25) is 0 Å². The zero-order valence-corrected chi connectivity index (χ0v) is 14.2. The first-order chi connectivity index (χ1) is 11.0. The van der Waals surface area contributed by atoms with Crippen molar-refractivity contribution in [3.63, 3.8) is 0 Å². The van der Waals surface area contributed by atoms with Gasteiger partial charge in [-0.25, -0.2) is 4.89 Å². The van der Waals surface area contributed by atoms with Gasteiger partial charge in [0.25, 0.3) is 0 Å². The monoisotopic (exact) mass is 322 g/mol. The second-order valence-corrected chi connectivity index (χ2v) is 6.70. The van der Waals surface area contributed by atoms with Crippen molar-refractivity contribution in [1.82, 2.24) is 10.0 Å². The molecular formula is C17H26N2O4. The number of hydroxylamine groups is 2. The zero-order valence-electron chi connectivity index (χ0n) is 14.2. The zero-order chi connectivity index (χ0) is 16.7. The number of pyridine rings is 1. The molecule has 2 heterocycles. The van der Waals surface area contributed by atoms with Gasteiger partial charge in [0.15, 0.2) is 0 Å². The molecule has 1 aromatic rings. The van der Waals surface area contributed by atoms with E-state index in [1.807, 2.05) is 39.1 Å². The van der Waals surface area contributed by atoms with E-state index < -0.39 is 5.60 Å². The summed E-state index contributed by atoms with van der Waals surface area (Å²) in [6.07, 6.45) is 6.83. The molecular weight excluding hydrogens is 296 g/mol. The fourth-order valence-electron chi connectivity index (χ4n) is 2.32. The molecule has 128 valence electrons. The Labute approximate surface area is 137 Å². The van der Waals surface area contributed by atoms with Crippen LogP contribution in [-0.4, -0.2) is 40.8 Å². The van der Waals surface area contributed by atoms with Gasteiger partial charge in [-0.2, -0.15) is 0 Å². The predicted molar refractivity (Wildman–Crippen MR) is 85.2 cm³/mol. The fraction of sp³-hybridized carbons (Fsp3) is 0.647. The van der Waals surface area contributed by atoms with Gasteiger partial charge in [0.05, 0.1) is 12.2 Å². The minimum Gasteiger partial charge on any atom is -0.464 e. The van der Waals surface area contributed by atoms with E-state index in [9.17, 15) is 4.79 Å². The summed E-state index contributed by atoms with van der Waals surface area (Å²) in [6.45, 7) is 6.77. The molecule has 1 fully saturated rings. The standard InChI is InChI=1S/C17H26N2O4/c1-17(2,3)22-23-19-11-5-9-15(19)16(20)21-12-6-8-14-7-4-10-18-13-14/h4,7,10,13,15H,5-6,8-9,11-12H2,1-3H3/t15-/m0/s1. The predicted octanol–water partition coefficient (Wildman–Crippen LogP) is 2.68. The van der Waals surface area contributed by atoms with E-state index in [1.54, 1.807) is 11.3 Å². The quantitative estimate of drug-likeness (QED) is 0.333. The van der Waals surface area contributed by atoms with E-state index in [0.29, 0.717) is 13.2 Å². The van der Waals surface area contributed by atoms with Crippen molar-refractivity contribution in [2.24, 2.45) is 0 Å². The Morgan fingerprint density at radius 1 is 1.43 bits per heavy atom. The first-order valence-corrected chi connectivity index (χ1v) is 8.14. The SMILES string of the molecule is CC(C)(C)OON1CCC[C@H]1C(=O)OCCCc1cccnc1. The number of esters is 1. The number of aryl methyl sites for hydroxylation is 1. The summed E-state index contributed by atoms with van der Waals surface area (Å²) < 4.78 is 5.37. The Morgan fingerprint density at radius 3 is 2.96 bits per heavy atom. The van der Waals surface area contributed by atoms with Crippen LogP contribution in [0.25, 0.3) is 0 Å². The lowest BCUT2D eigenvalue weighted by Crippen LogP contribution is -2.39. The Hall–Kier alpha value is -1.50. The Morgan fingerprint density at radius 2 is 2.26 bits per heavy atom. The van der Waals surface area contributed by atoms with E-state index in [1.165, 1.54) is 0 Å². The molecule has 1 aromatic heterocycles. The second-order valence-electron chi connectivity index (χ2n) is 6.70. The van der Waals surface area contributed by atoms with Crippen LogP contribution in [0.3, 0.4) is 0 Å².